The van der Waals surface area contributed by atoms with Gasteiger partial charge in [0.15, 0.2) is 0 Å². The fourth-order valence-electron chi connectivity index (χ4n) is 6.34. The van der Waals surface area contributed by atoms with Gasteiger partial charge in [-0.1, -0.05) is 26.0 Å². The molecule has 4 nitrogen and oxygen atoms in total. The molecule has 1 heterocycles. The maximum atomic E-state index is 12.5. The van der Waals surface area contributed by atoms with Crippen molar-refractivity contribution < 1.29 is 14.6 Å². The molecule has 1 aromatic carbocycles. The standard InChI is InChI=1S/C24H35NO3/c1-17-11-18-13-19(12-17)15-24(2,14-18)20-6-8-22(9-7-20)28-23(27)25-10-4-3-5-21(25)16-26/h6-9,17-19,21,26H,3-5,10-16H2,1-2H3. The van der Waals surface area contributed by atoms with Gasteiger partial charge >= 0.3 is 6.09 Å². The van der Waals surface area contributed by atoms with E-state index in [4.69, 9.17) is 4.74 Å². The lowest BCUT2D eigenvalue weighted by atomic mass is 9.58. The van der Waals surface area contributed by atoms with Crippen molar-refractivity contribution in [1.82, 2.24) is 4.90 Å². The molecule has 3 unspecified atom stereocenters. The van der Waals surface area contributed by atoms with Gasteiger partial charge in [0, 0.05) is 6.54 Å². The minimum atomic E-state index is -0.334. The average Bonchev–Trinajstić information content (AvgIpc) is 2.67. The third-order valence-electron chi connectivity index (χ3n) is 7.45. The molecule has 3 fully saturated rings. The first-order valence-corrected chi connectivity index (χ1v) is 11.2. The molecule has 0 radical (unpaired) electrons. The molecular formula is C24H35NO3. The van der Waals surface area contributed by atoms with Crippen molar-refractivity contribution in [3.8, 4) is 5.75 Å². The number of aliphatic hydroxyl groups is 1. The molecule has 3 aliphatic rings. The van der Waals surface area contributed by atoms with Crippen LogP contribution in [0, 0.1) is 17.8 Å². The van der Waals surface area contributed by atoms with Gasteiger partial charge in [0.05, 0.1) is 12.6 Å². The summed E-state index contributed by atoms with van der Waals surface area (Å²) in [6.45, 7) is 5.51. The van der Waals surface area contributed by atoms with E-state index >= 15 is 0 Å². The number of hydrogen-bond donors (Lipinski definition) is 1. The monoisotopic (exact) mass is 385 g/mol. The zero-order chi connectivity index (χ0) is 19.7. The van der Waals surface area contributed by atoms with Gasteiger partial charge < -0.3 is 14.7 Å². The topological polar surface area (TPSA) is 49.8 Å². The Morgan fingerprint density at radius 1 is 1.14 bits per heavy atom. The summed E-state index contributed by atoms with van der Waals surface area (Å²) in [7, 11) is 0. The first-order chi connectivity index (χ1) is 13.5. The van der Waals surface area contributed by atoms with E-state index in [0.29, 0.717) is 12.3 Å². The molecule has 0 aromatic heterocycles. The lowest BCUT2D eigenvalue weighted by Gasteiger charge is -2.47. The molecule has 28 heavy (non-hydrogen) atoms. The molecule has 2 saturated carbocycles. The lowest BCUT2D eigenvalue weighted by Crippen LogP contribution is -2.46. The van der Waals surface area contributed by atoms with Crippen molar-refractivity contribution in [2.75, 3.05) is 13.2 Å². The van der Waals surface area contributed by atoms with Gasteiger partial charge in [0.2, 0.25) is 0 Å². The highest BCUT2D eigenvalue weighted by molar-refractivity contribution is 5.71. The maximum absolute atomic E-state index is 12.5. The van der Waals surface area contributed by atoms with Crippen molar-refractivity contribution in [2.45, 2.75) is 76.7 Å². The third kappa shape index (κ3) is 4.07. The second-order valence-corrected chi connectivity index (χ2v) is 9.93. The zero-order valence-electron chi connectivity index (χ0n) is 17.4. The van der Waals surface area contributed by atoms with Crippen LogP contribution in [0.5, 0.6) is 5.75 Å². The van der Waals surface area contributed by atoms with Gasteiger partial charge in [0.25, 0.3) is 0 Å². The minimum Gasteiger partial charge on any atom is -0.410 e. The Labute approximate surface area is 169 Å². The van der Waals surface area contributed by atoms with E-state index in [0.717, 1.165) is 37.0 Å². The van der Waals surface area contributed by atoms with Crippen LogP contribution in [0.3, 0.4) is 0 Å². The highest BCUT2D eigenvalue weighted by atomic mass is 16.6. The van der Waals surface area contributed by atoms with Gasteiger partial charge in [-0.2, -0.15) is 0 Å². The number of benzene rings is 1. The van der Waals surface area contributed by atoms with E-state index in [2.05, 4.69) is 26.0 Å². The van der Waals surface area contributed by atoms with Crippen molar-refractivity contribution in [3.05, 3.63) is 29.8 Å². The number of amides is 1. The Morgan fingerprint density at radius 2 is 1.82 bits per heavy atom. The summed E-state index contributed by atoms with van der Waals surface area (Å²) < 4.78 is 5.63. The molecule has 1 aliphatic heterocycles. The minimum absolute atomic E-state index is 0.00728. The SMILES string of the molecule is CC1CC2CC(C1)CC(C)(c1ccc(OC(=O)N3CCCCC3CO)cc1)C2. The van der Waals surface area contributed by atoms with E-state index in [1.54, 1.807) is 4.90 Å². The Balaban J connectivity index is 1.42. The molecule has 0 spiro atoms. The number of hydrogen-bond acceptors (Lipinski definition) is 3. The van der Waals surface area contributed by atoms with E-state index in [1.165, 1.54) is 37.7 Å². The number of carbonyl (C=O) groups excluding carboxylic acids is 1. The summed E-state index contributed by atoms with van der Waals surface area (Å²) in [5.74, 6) is 3.20. The number of likely N-dealkylation sites (tertiary alicyclic amines) is 1. The fraction of sp³-hybridized carbons (Fsp3) is 0.708. The molecule has 2 bridgehead atoms. The van der Waals surface area contributed by atoms with Crippen molar-refractivity contribution in [2.24, 2.45) is 17.8 Å². The second kappa shape index (κ2) is 8.06. The first-order valence-electron chi connectivity index (χ1n) is 11.2. The van der Waals surface area contributed by atoms with Crippen LogP contribution < -0.4 is 4.74 Å². The van der Waals surface area contributed by atoms with E-state index in [1.807, 2.05) is 12.1 Å². The largest absolute Gasteiger partial charge is 0.415 e. The summed E-state index contributed by atoms with van der Waals surface area (Å²) in [6, 6.07) is 8.11. The molecule has 1 amide bonds. The number of piperidine rings is 1. The number of nitrogens with zero attached hydrogens (tertiary/aromatic N) is 1. The van der Waals surface area contributed by atoms with Crippen LogP contribution in [0.25, 0.3) is 0 Å². The number of ether oxygens (including phenoxy) is 1. The predicted octanol–water partition coefficient (Wildman–Crippen LogP) is 5.14. The van der Waals surface area contributed by atoms with E-state index in [-0.39, 0.29) is 24.2 Å². The molecule has 4 heteroatoms. The van der Waals surface area contributed by atoms with Crippen LogP contribution in [0.15, 0.2) is 24.3 Å². The smallest absolute Gasteiger partial charge is 0.410 e. The zero-order valence-corrected chi connectivity index (χ0v) is 17.4. The molecule has 1 saturated heterocycles. The Morgan fingerprint density at radius 3 is 2.46 bits per heavy atom. The fourth-order valence-corrected chi connectivity index (χ4v) is 6.34. The van der Waals surface area contributed by atoms with E-state index < -0.39 is 0 Å². The normalized spacial score (nSPS) is 35.5. The van der Waals surface area contributed by atoms with Gasteiger partial charge in [-0.25, -0.2) is 4.79 Å². The lowest BCUT2D eigenvalue weighted by molar-refractivity contribution is 0.0824. The highest BCUT2D eigenvalue weighted by Gasteiger charge is 2.41. The average molecular weight is 386 g/mol. The molecule has 2 aliphatic carbocycles. The summed E-state index contributed by atoms with van der Waals surface area (Å²) in [5.41, 5.74) is 1.62. The van der Waals surface area contributed by atoms with Gasteiger partial charge in [-0.15, -0.1) is 0 Å². The van der Waals surface area contributed by atoms with Gasteiger partial charge in [0.1, 0.15) is 5.75 Å². The number of fused-ring (bicyclic) bond motifs is 2. The number of rotatable bonds is 3. The summed E-state index contributed by atoms with van der Waals surface area (Å²) in [5, 5.41) is 9.52. The highest BCUT2D eigenvalue weighted by Crippen LogP contribution is 2.51. The molecular weight excluding hydrogens is 350 g/mol. The van der Waals surface area contributed by atoms with Crippen LogP contribution in [0.2, 0.25) is 0 Å². The van der Waals surface area contributed by atoms with Crippen LogP contribution >= 0.6 is 0 Å². The van der Waals surface area contributed by atoms with Crippen LogP contribution in [0.4, 0.5) is 4.79 Å². The number of carbonyl (C=O) groups is 1. The summed E-state index contributed by atoms with van der Waals surface area (Å²) in [4.78, 5) is 14.2. The van der Waals surface area contributed by atoms with E-state index in [9.17, 15) is 9.90 Å². The Bertz CT molecular complexity index is 668. The molecule has 154 valence electrons. The van der Waals surface area contributed by atoms with Crippen molar-refractivity contribution >= 4 is 6.09 Å². The van der Waals surface area contributed by atoms with Crippen molar-refractivity contribution in [3.63, 3.8) is 0 Å². The quantitative estimate of drug-likeness (QED) is 0.784. The molecule has 3 atom stereocenters. The third-order valence-corrected chi connectivity index (χ3v) is 7.45. The molecule has 1 N–H and O–H groups in total. The Hall–Kier alpha value is -1.55. The summed E-state index contributed by atoms with van der Waals surface area (Å²) >= 11 is 0. The maximum Gasteiger partial charge on any atom is 0.415 e. The van der Waals surface area contributed by atoms with Crippen molar-refractivity contribution in [1.29, 1.82) is 0 Å². The summed E-state index contributed by atoms with van der Waals surface area (Å²) in [6.07, 6.45) is 9.28. The second-order valence-electron chi connectivity index (χ2n) is 9.93. The first kappa shape index (κ1) is 19.8. The Kier molecular flexibility index (Phi) is 5.69. The number of aliphatic hydroxyl groups excluding tert-OH is 1. The molecule has 1 aromatic rings. The predicted molar refractivity (Wildman–Crippen MR) is 110 cm³/mol. The van der Waals surface area contributed by atoms with Gasteiger partial charge in [-0.05, 0) is 92.2 Å². The van der Waals surface area contributed by atoms with Crippen LogP contribution in [0.1, 0.15) is 70.8 Å². The van der Waals surface area contributed by atoms with Crippen LogP contribution in [-0.2, 0) is 5.41 Å². The van der Waals surface area contributed by atoms with Crippen LogP contribution in [-0.4, -0.2) is 35.3 Å². The van der Waals surface area contributed by atoms with Gasteiger partial charge in [-0.3, -0.25) is 0 Å². The molecule has 4 rings (SSSR count).